The highest BCUT2D eigenvalue weighted by Gasteiger charge is 2.29. The second-order valence-electron chi connectivity index (χ2n) is 4.95. The van der Waals surface area contributed by atoms with Crippen LogP contribution in [0, 0.1) is 0 Å². The summed E-state index contributed by atoms with van der Waals surface area (Å²) in [5.74, 6) is 0.261. The molecule has 1 aliphatic heterocycles. The van der Waals surface area contributed by atoms with E-state index in [-0.39, 0.29) is 23.6 Å². The zero-order valence-corrected chi connectivity index (χ0v) is 11.1. The van der Waals surface area contributed by atoms with Gasteiger partial charge in [-0.2, -0.15) is 0 Å². The summed E-state index contributed by atoms with van der Waals surface area (Å²) >= 11 is 0. The van der Waals surface area contributed by atoms with Crippen LogP contribution in [-0.2, 0) is 9.84 Å². The number of carbonyl (C=O) groups excluding carboxylic acids is 1. The number of amides is 2. The largest absolute Gasteiger partial charge is 0.365 e. The first-order chi connectivity index (χ1) is 6.68. The molecule has 1 aliphatic rings. The van der Waals surface area contributed by atoms with Crippen molar-refractivity contribution in [3.05, 3.63) is 0 Å². The van der Waals surface area contributed by atoms with Gasteiger partial charge < -0.3 is 10.3 Å². The van der Waals surface area contributed by atoms with Gasteiger partial charge in [-0.3, -0.25) is 0 Å². The molecule has 0 aliphatic carbocycles. The molecule has 0 aromatic carbocycles. The molecule has 2 N–H and O–H groups in total. The van der Waals surface area contributed by atoms with Gasteiger partial charge in [-0.15, -0.1) is 0 Å². The van der Waals surface area contributed by atoms with E-state index in [1.807, 2.05) is 19.6 Å². The summed E-state index contributed by atoms with van der Waals surface area (Å²) in [5.41, 5.74) is 0. The van der Waals surface area contributed by atoms with Crippen molar-refractivity contribution in [2.75, 3.05) is 11.5 Å². The zero-order valence-electron chi connectivity index (χ0n) is 9.33. The second-order valence-corrected chi connectivity index (χ2v) is 11.9. The maximum Gasteiger partial charge on any atom is 0.307 e. The maximum absolute atomic E-state index is 11.4. The van der Waals surface area contributed by atoms with E-state index in [4.69, 9.17) is 0 Å². The fraction of sp³-hybridized carbons (Fsp3) is 0.875. The van der Waals surface area contributed by atoms with E-state index in [1.54, 1.807) is 0 Å². The number of nitrogens with one attached hydrogen (secondary N) is 2. The quantitative estimate of drug-likeness (QED) is 0.693. The van der Waals surface area contributed by atoms with Crippen molar-refractivity contribution in [2.24, 2.45) is 0 Å². The van der Waals surface area contributed by atoms with Gasteiger partial charge in [0, 0.05) is 6.04 Å². The Labute approximate surface area is 91.6 Å². The fourth-order valence-electron chi connectivity index (χ4n) is 1.47. The summed E-state index contributed by atoms with van der Waals surface area (Å²) in [4.78, 5) is 14.3. The van der Waals surface area contributed by atoms with Gasteiger partial charge in [-0.05, 0) is 6.42 Å². The molecule has 5 nitrogen and oxygen atoms in total. The number of hydrogen-bond acceptors (Lipinski definition) is 3. The van der Waals surface area contributed by atoms with E-state index < -0.39 is 18.1 Å². The van der Waals surface area contributed by atoms with Crippen LogP contribution in [-0.4, -0.2) is 40.2 Å². The Hall–Kier alpha value is -0.563. The van der Waals surface area contributed by atoms with Crippen LogP contribution in [0.3, 0.4) is 0 Å². The minimum absolute atomic E-state index is 0.0755. The lowest BCUT2D eigenvalue weighted by Crippen LogP contribution is -2.52. The van der Waals surface area contributed by atoms with Crippen molar-refractivity contribution in [2.45, 2.75) is 32.1 Å². The Bertz CT molecular complexity index is 347. The van der Waals surface area contributed by atoms with Gasteiger partial charge >= 0.3 is 6.03 Å². The van der Waals surface area contributed by atoms with Crippen LogP contribution in [0.15, 0.2) is 0 Å². The first-order valence-corrected chi connectivity index (χ1v) is 10.3. The van der Waals surface area contributed by atoms with Crippen LogP contribution in [0.25, 0.3) is 0 Å². The third-order valence-electron chi connectivity index (χ3n) is 2.06. The minimum atomic E-state index is -2.92. The van der Waals surface area contributed by atoms with Gasteiger partial charge in [0.15, 0.2) is 9.84 Å². The average molecular weight is 250 g/mol. The number of rotatable bonds is 2. The topological polar surface area (TPSA) is 75.3 Å². The molecule has 1 fully saturated rings. The number of urea groups is 1. The Kier molecular flexibility index (Phi) is 3.44. The molecule has 7 heteroatoms. The molecule has 0 aromatic rings. The van der Waals surface area contributed by atoms with Crippen LogP contribution in [0.2, 0.25) is 19.6 Å². The Morgan fingerprint density at radius 3 is 2.33 bits per heavy atom. The Balaban J connectivity index is 2.41. The molecule has 1 atom stereocenters. The van der Waals surface area contributed by atoms with Crippen LogP contribution >= 0.6 is 0 Å². The van der Waals surface area contributed by atoms with Crippen molar-refractivity contribution < 1.29 is 13.2 Å². The SMILES string of the molecule is C[Si](C)(C)NC(=O)NC1CCS(=O)(=O)C1. The zero-order chi connectivity index (χ0) is 11.7. The number of sulfone groups is 1. The summed E-state index contributed by atoms with van der Waals surface area (Å²) in [6, 6.07) is -0.456. The summed E-state index contributed by atoms with van der Waals surface area (Å²) in [7, 11) is -4.56. The van der Waals surface area contributed by atoms with E-state index >= 15 is 0 Å². The van der Waals surface area contributed by atoms with Crippen LogP contribution in [0.4, 0.5) is 4.79 Å². The summed E-state index contributed by atoms with van der Waals surface area (Å²) in [6.45, 7) is 6.04. The predicted octanol–water partition coefficient (Wildman–Crippen LogP) is 0.308. The van der Waals surface area contributed by atoms with Crippen molar-refractivity contribution >= 4 is 24.1 Å². The molecule has 0 saturated carbocycles. The number of carbonyl (C=O) groups is 1. The molecule has 1 heterocycles. The fourth-order valence-corrected chi connectivity index (χ4v) is 3.90. The van der Waals surface area contributed by atoms with E-state index in [0.29, 0.717) is 6.42 Å². The summed E-state index contributed by atoms with van der Waals surface area (Å²) < 4.78 is 22.3. The van der Waals surface area contributed by atoms with Gasteiger partial charge in [0.05, 0.1) is 11.5 Å². The molecule has 2 amide bonds. The van der Waals surface area contributed by atoms with E-state index in [0.717, 1.165) is 0 Å². The molecule has 1 saturated heterocycles. The van der Waals surface area contributed by atoms with Gasteiger partial charge in [-0.1, -0.05) is 19.6 Å². The summed E-state index contributed by atoms with van der Waals surface area (Å²) in [5, 5.41) is 2.70. The molecule has 88 valence electrons. The smallest absolute Gasteiger partial charge is 0.307 e. The highest BCUT2D eigenvalue weighted by atomic mass is 32.2. The van der Waals surface area contributed by atoms with Crippen LogP contribution < -0.4 is 10.3 Å². The Morgan fingerprint density at radius 1 is 1.33 bits per heavy atom. The summed E-state index contributed by atoms with van der Waals surface area (Å²) in [6.07, 6.45) is 0.529. The van der Waals surface area contributed by atoms with Crippen LogP contribution in [0.1, 0.15) is 6.42 Å². The lowest BCUT2D eigenvalue weighted by Gasteiger charge is -2.20. The third kappa shape index (κ3) is 4.65. The molecular weight excluding hydrogens is 232 g/mol. The minimum Gasteiger partial charge on any atom is -0.365 e. The first-order valence-electron chi connectivity index (χ1n) is 4.97. The molecule has 1 unspecified atom stereocenters. The standard InChI is InChI=1S/C8H18N2O3SSi/c1-15(2,3)10-8(11)9-7-4-5-14(12,13)6-7/h7H,4-6H2,1-3H3,(H2,9,10,11). The van der Waals surface area contributed by atoms with Gasteiger partial charge in [0.1, 0.15) is 8.24 Å². The highest BCUT2D eigenvalue weighted by molar-refractivity contribution is 7.91. The van der Waals surface area contributed by atoms with Gasteiger partial charge in [0.2, 0.25) is 0 Å². The number of hydrogen-bond donors (Lipinski definition) is 2. The van der Waals surface area contributed by atoms with Gasteiger partial charge in [0.25, 0.3) is 0 Å². The lowest BCUT2D eigenvalue weighted by atomic mass is 10.3. The molecule has 15 heavy (non-hydrogen) atoms. The maximum atomic E-state index is 11.4. The van der Waals surface area contributed by atoms with Gasteiger partial charge in [-0.25, -0.2) is 13.2 Å². The molecule has 0 spiro atoms. The predicted molar refractivity (Wildman–Crippen MR) is 62.1 cm³/mol. The molecule has 0 radical (unpaired) electrons. The molecule has 1 rings (SSSR count). The van der Waals surface area contributed by atoms with E-state index in [9.17, 15) is 13.2 Å². The molecule has 0 aromatic heterocycles. The van der Waals surface area contributed by atoms with Crippen molar-refractivity contribution in [3.8, 4) is 0 Å². The Morgan fingerprint density at radius 2 is 1.93 bits per heavy atom. The molecular formula is C8H18N2O3SSi. The van der Waals surface area contributed by atoms with Crippen molar-refractivity contribution in [1.82, 2.24) is 10.3 Å². The monoisotopic (exact) mass is 250 g/mol. The van der Waals surface area contributed by atoms with Crippen molar-refractivity contribution in [3.63, 3.8) is 0 Å². The average Bonchev–Trinajstić information content (AvgIpc) is 2.25. The normalized spacial score (nSPS) is 24.9. The molecule has 0 bridgehead atoms. The highest BCUT2D eigenvalue weighted by Crippen LogP contribution is 2.11. The second kappa shape index (κ2) is 4.13. The van der Waals surface area contributed by atoms with E-state index in [2.05, 4.69) is 10.3 Å². The first kappa shape index (κ1) is 12.5. The van der Waals surface area contributed by atoms with Crippen molar-refractivity contribution in [1.29, 1.82) is 0 Å². The van der Waals surface area contributed by atoms with E-state index in [1.165, 1.54) is 0 Å². The third-order valence-corrected chi connectivity index (χ3v) is 4.80. The van der Waals surface area contributed by atoms with Crippen LogP contribution in [0.5, 0.6) is 0 Å². The lowest BCUT2D eigenvalue weighted by molar-refractivity contribution is 0.242.